The molecule has 2 aromatic rings. The third-order valence-corrected chi connectivity index (χ3v) is 4.19. The van der Waals surface area contributed by atoms with E-state index >= 15 is 0 Å². The summed E-state index contributed by atoms with van der Waals surface area (Å²) in [4.78, 5) is 2.30. The van der Waals surface area contributed by atoms with Crippen LogP contribution in [0.1, 0.15) is 29.9 Å². The highest BCUT2D eigenvalue weighted by Crippen LogP contribution is 2.29. The molecule has 23 heavy (non-hydrogen) atoms. The van der Waals surface area contributed by atoms with E-state index in [1.54, 1.807) is 0 Å². The molecule has 0 bridgehead atoms. The SMILES string of the molecule is Cc1ccc(CN(CC(O)COc2ccccc2C)C2CC2)o1. The summed E-state index contributed by atoms with van der Waals surface area (Å²) >= 11 is 0. The molecule has 1 aromatic heterocycles. The molecule has 1 saturated carbocycles. The van der Waals surface area contributed by atoms with Crippen LogP contribution in [0.15, 0.2) is 40.8 Å². The molecule has 0 saturated heterocycles. The summed E-state index contributed by atoms with van der Waals surface area (Å²) in [6.07, 6.45) is 1.89. The average molecular weight is 315 g/mol. The molecule has 4 nitrogen and oxygen atoms in total. The van der Waals surface area contributed by atoms with E-state index in [9.17, 15) is 5.11 Å². The van der Waals surface area contributed by atoms with Gasteiger partial charge in [-0.2, -0.15) is 0 Å². The minimum atomic E-state index is -0.508. The van der Waals surface area contributed by atoms with Crippen molar-refractivity contribution in [1.82, 2.24) is 4.90 Å². The van der Waals surface area contributed by atoms with Crippen molar-refractivity contribution < 1.29 is 14.3 Å². The number of benzene rings is 1. The van der Waals surface area contributed by atoms with E-state index < -0.39 is 6.10 Å². The molecule has 0 spiro atoms. The fourth-order valence-corrected chi connectivity index (χ4v) is 2.78. The van der Waals surface area contributed by atoms with E-state index in [-0.39, 0.29) is 0 Å². The van der Waals surface area contributed by atoms with Crippen LogP contribution in [0.5, 0.6) is 5.75 Å². The lowest BCUT2D eigenvalue weighted by Crippen LogP contribution is -2.36. The highest BCUT2D eigenvalue weighted by atomic mass is 16.5. The molecule has 1 fully saturated rings. The molecular weight excluding hydrogens is 290 g/mol. The van der Waals surface area contributed by atoms with Crippen LogP contribution in [0.25, 0.3) is 0 Å². The van der Waals surface area contributed by atoms with Crippen molar-refractivity contribution in [3.05, 3.63) is 53.5 Å². The molecule has 0 radical (unpaired) electrons. The van der Waals surface area contributed by atoms with Crippen molar-refractivity contribution in [1.29, 1.82) is 0 Å². The molecule has 1 atom stereocenters. The average Bonchev–Trinajstić information content (AvgIpc) is 3.29. The summed E-state index contributed by atoms with van der Waals surface area (Å²) in [5.41, 5.74) is 1.09. The first-order valence-corrected chi connectivity index (χ1v) is 8.27. The Labute approximate surface area is 137 Å². The molecular formula is C19H25NO3. The third kappa shape index (κ3) is 4.60. The first-order chi connectivity index (χ1) is 11.1. The van der Waals surface area contributed by atoms with Crippen LogP contribution in [0.2, 0.25) is 0 Å². The standard InChI is InChI=1S/C19H25NO3/c1-14-5-3-4-6-19(14)22-13-17(21)11-20(16-8-9-16)12-18-10-7-15(2)23-18/h3-7,10,16-17,21H,8-9,11-13H2,1-2H3. The van der Waals surface area contributed by atoms with Crippen molar-refractivity contribution in [2.75, 3.05) is 13.2 Å². The zero-order valence-corrected chi connectivity index (χ0v) is 13.9. The molecule has 0 aliphatic heterocycles. The normalized spacial score (nSPS) is 15.8. The number of rotatable bonds is 8. The zero-order valence-electron chi connectivity index (χ0n) is 13.9. The maximum Gasteiger partial charge on any atom is 0.122 e. The molecule has 1 aliphatic rings. The first kappa shape index (κ1) is 16.1. The quantitative estimate of drug-likeness (QED) is 0.812. The minimum absolute atomic E-state index is 0.311. The Hall–Kier alpha value is -1.78. The van der Waals surface area contributed by atoms with Gasteiger partial charge in [-0.1, -0.05) is 18.2 Å². The number of aliphatic hydroxyl groups is 1. The summed E-state index contributed by atoms with van der Waals surface area (Å²) < 4.78 is 11.4. The predicted octanol–water partition coefficient (Wildman–Crippen LogP) is 3.30. The predicted molar refractivity (Wildman–Crippen MR) is 89.6 cm³/mol. The minimum Gasteiger partial charge on any atom is -0.491 e. The second-order valence-electron chi connectivity index (χ2n) is 6.40. The van der Waals surface area contributed by atoms with Gasteiger partial charge in [-0.15, -0.1) is 0 Å². The number of furan rings is 1. The Morgan fingerprint density at radius 1 is 1.22 bits per heavy atom. The van der Waals surface area contributed by atoms with Crippen LogP contribution in [-0.4, -0.2) is 35.3 Å². The largest absolute Gasteiger partial charge is 0.491 e. The van der Waals surface area contributed by atoms with Crippen LogP contribution in [0.4, 0.5) is 0 Å². The summed E-state index contributed by atoms with van der Waals surface area (Å²) in [7, 11) is 0. The highest BCUT2D eigenvalue weighted by Gasteiger charge is 2.31. The Morgan fingerprint density at radius 2 is 2.00 bits per heavy atom. The Balaban J connectivity index is 1.52. The molecule has 4 heteroatoms. The van der Waals surface area contributed by atoms with Crippen LogP contribution < -0.4 is 4.74 Å². The third-order valence-electron chi connectivity index (χ3n) is 4.19. The van der Waals surface area contributed by atoms with Crippen molar-refractivity contribution >= 4 is 0 Å². The van der Waals surface area contributed by atoms with E-state index in [0.717, 1.165) is 29.4 Å². The number of ether oxygens (including phenoxy) is 1. The Bertz CT molecular complexity index is 633. The van der Waals surface area contributed by atoms with Gasteiger partial charge in [-0.05, 0) is 50.5 Å². The van der Waals surface area contributed by atoms with Crippen LogP contribution in [-0.2, 0) is 6.54 Å². The summed E-state index contributed by atoms with van der Waals surface area (Å²) in [5, 5.41) is 10.3. The van der Waals surface area contributed by atoms with E-state index in [0.29, 0.717) is 19.2 Å². The van der Waals surface area contributed by atoms with E-state index in [4.69, 9.17) is 9.15 Å². The van der Waals surface area contributed by atoms with Gasteiger partial charge in [-0.3, -0.25) is 4.90 Å². The molecule has 0 amide bonds. The number of aryl methyl sites for hydroxylation is 2. The molecule has 1 aliphatic carbocycles. The summed E-state index contributed by atoms with van der Waals surface area (Å²) in [6, 6.07) is 12.4. The topological polar surface area (TPSA) is 45.8 Å². The second-order valence-corrected chi connectivity index (χ2v) is 6.40. The fourth-order valence-electron chi connectivity index (χ4n) is 2.78. The lowest BCUT2D eigenvalue weighted by molar-refractivity contribution is 0.0599. The first-order valence-electron chi connectivity index (χ1n) is 8.27. The Morgan fingerprint density at radius 3 is 2.65 bits per heavy atom. The van der Waals surface area contributed by atoms with Crippen molar-refractivity contribution in [2.45, 2.75) is 45.4 Å². The van der Waals surface area contributed by atoms with Gasteiger partial charge in [0.15, 0.2) is 0 Å². The Kier molecular flexibility index (Phi) is 5.03. The fraction of sp³-hybridized carbons (Fsp3) is 0.474. The van der Waals surface area contributed by atoms with Crippen LogP contribution in [0, 0.1) is 13.8 Å². The molecule has 1 heterocycles. The van der Waals surface area contributed by atoms with E-state index in [1.807, 2.05) is 50.2 Å². The van der Waals surface area contributed by atoms with Crippen LogP contribution >= 0.6 is 0 Å². The van der Waals surface area contributed by atoms with E-state index in [2.05, 4.69) is 4.90 Å². The van der Waals surface area contributed by atoms with Gasteiger partial charge < -0.3 is 14.3 Å². The molecule has 1 N–H and O–H groups in total. The van der Waals surface area contributed by atoms with Crippen molar-refractivity contribution in [3.63, 3.8) is 0 Å². The van der Waals surface area contributed by atoms with Gasteiger partial charge in [0.25, 0.3) is 0 Å². The smallest absolute Gasteiger partial charge is 0.122 e. The maximum absolute atomic E-state index is 10.3. The highest BCUT2D eigenvalue weighted by molar-refractivity contribution is 5.31. The molecule has 1 unspecified atom stereocenters. The summed E-state index contributed by atoms with van der Waals surface area (Å²) in [5.74, 6) is 2.73. The van der Waals surface area contributed by atoms with Gasteiger partial charge >= 0.3 is 0 Å². The molecule has 3 rings (SSSR count). The maximum atomic E-state index is 10.3. The zero-order chi connectivity index (χ0) is 16.2. The van der Waals surface area contributed by atoms with Crippen molar-refractivity contribution in [3.8, 4) is 5.75 Å². The van der Waals surface area contributed by atoms with Gasteiger partial charge in [0.05, 0.1) is 6.54 Å². The number of nitrogens with zero attached hydrogens (tertiary/aromatic N) is 1. The van der Waals surface area contributed by atoms with Crippen molar-refractivity contribution in [2.24, 2.45) is 0 Å². The lowest BCUT2D eigenvalue weighted by atomic mass is 10.2. The summed E-state index contributed by atoms with van der Waals surface area (Å²) in [6.45, 7) is 5.63. The monoisotopic (exact) mass is 315 g/mol. The number of para-hydroxylation sites is 1. The second kappa shape index (κ2) is 7.20. The number of hydrogen-bond acceptors (Lipinski definition) is 4. The molecule has 124 valence electrons. The number of hydrogen-bond donors (Lipinski definition) is 1. The van der Waals surface area contributed by atoms with Gasteiger partial charge in [0.2, 0.25) is 0 Å². The number of aliphatic hydroxyl groups excluding tert-OH is 1. The lowest BCUT2D eigenvalue weighted by Gasteiger charge is -2.24. The van der Waals surface area contributed by atoms with Crippen LogP contribution in [0.3, 0.4) is 0 Å². The molecule has 1 aromatic carbocycles. The van der Waals surface area contributed by atoms with Gasteiger partial charge in [0, 0.05) is 12.6 Å². The van der Waals surface area contributed by atoms with E-state index in [1.165, 1.54) is 12.8 Å². The van der Waals surface area contributed by atoms with Gasteiger partial charge in [0.1, 0.15) is 30.0 Å². The van der Waals surface area contributed by atoms with Gasteiger partial charge in [-0.25, -0.2) is 0 Å².